The molecule has 0 bridgehead atoms. The van der Waals surface area contributed by atoms with Gasteiger partial charge in [-0.15, -0.1) is 9.24 Å². The Bertz CT molecular complexity index is 103. The molecule has 0 aromatic rings. The zero-order valence-electron chi connectivity index (χ0n) is 7.35. The summed E-state index contributed by atoms with van der Waals surface area (Å²) in [6.07, 6.45) is 6.06. The Labute approximate surface area is 67.3 Å². The van der Waals surface area contributed by atoms with Crippen molar-refractivity contribution < 1.29 is 0 Å². The molecule has 0 radical (unpaired) electrons. The van der Waals surface area contributed by atoms with Gasteiger partial charge in [0.25, 0.3) is 0 Å². The molecule has 0 saturated carbocycles. The molecule has 0 spiro atoms. The first-order valence-corrected chi connectivity index (χ1v) is 4.89. The summed E-state index contributed by atoms with van der Waals surface area (Å²) in [7, 11) is 2.77. The van der Waals surface area contributed by atoms with E-state index in [1.807, 2.05) is 0 Å². The molecule has 0 aliphatic heterocycles. The van der Waals surface area contributed by atoms with Crippen LogP contribution < -0.4 is 0 Å². The molecule has 0 N–H and O–H groups in total. The van der Waals surface area contributed by atoms with Crippen molar-refractivity contribution in [3.8, 4) is 0 Å². The number of rotatable bonds is 4. The summed E-state index contributed by atoms with van der Waals surface area (Å²) in [4.78, 5) is 0. The van der Waals surface area contributed by atoms with Crippen molar-refractivity contribution in [2.75, 3.05) is 6.16 Å². The van der Waals surface area contributed by atoms with Crippen LogP contribution in [0.1, 0.15) is 33.6 Å². The zero-order valence-corrected chi connectivity index (χ0v) is 8.51. The van der Waals surface area contributed by atoms with Crippen LogP contribution >= 0.6 is 9.24 Å². The van der Waals surface area contributed by atoms with E-state index < -0.39 is 0 Å². The summed E-state index contributed by atoms with van der Waals surface area (Å²) in [5.41, 5.74) is 1.60. The first-order chi connectivity index (χ1) is 4.72. The fraction of sp³-hybridized carbons (Fsp3) is 0.778. The highest BCUT2D eigenvalue weighted by Crippen LogP contribution is 2.15. The highest BCUT2D eigenvalue weighted by atomic mass is 31.0. The first-order valence-electron chi connectivity index (χ1n) is 4.07. The topological polar surface area (TPSA) is 0 Å². The van der Waals surface area contributed by atoms with Crippen LogP contribution in [0.4, 0.5) is 0 Å². The molecule has 1 atom stereocenters. The summed E-state index contributed by atoms with van der Waals surface area (Å²) >= 11 is 0. The average Bonchev–Trinajstić information content (AvgIpc) is 1.89. The highest BCUT2D eigenvalue weighted by molar-refractivity contribution is 7.16. The maximum absolute atomic E-state index is 2.77. The summed E-state index contributed by atoms with van der Waals surface area (Å²) < 4.78 is 0. The summed E-state index contributed by atoms with van der Waals surface area (Å²) in [6.45, 7) is 6.66. The van der Waals surface area contributed by atoms with Gasteiger partial charge in [-0.25, -0.2) is 0 Å². The Balaban J connectivity index is 3.63. The van der Waals surface area contributed by atoms with E-state index in [-0.39, 0.29) is 0 Å². The molecule has 0 aromatic heterocycles. The van der Waals surface area contributed by atoms with Gasteiger partial charge in [-0.1, -0.05) is 25.5 Å². The maximum atomic E-state index is 2.77. The molecule has 0 rings (SSSR count). The third-order valence-electron chi connectivity index (χ3n) is 1.78. The van der Waals surface area contributed by atoms with E-state index in [2.05, 4.69) is 36.1 Å². The minimum absolute atomic E-state index is 0.738. The molecule has 1 unspecified atom stereocenters. The molecule has 10 heavy (non-hydrogen) atoms. The van der Waals surface area contributed by atoms with E-state index >= 15 is 0 Å². The Kier molecular flexibility index (Phi) is 6.02. The number of hydrogen-bond donors (Lipinski definition) is 0. The van der Waals surface area contributed by atoms with Crippen molar-refractivity contribution in [3.63, 3.8) is 0 Å². The van der Waals surface area contributed by atoms with Gasteiger partial charge in [0.15, 0.2) is 0 Å². The van der Waals surface area contributed by atoms with Crippen LogP contribution in [-0.2, 0) is 0 Å². The Morgan fingerprint density at radius 3 is 2.40 bits per heavy atom. The molecule has 0 aliphatic rings. The van der Waals surface area contributed by atoms with Crippen molar-refractivity contribution in [1.29, 1.82) is 0 Å². The molecular formula is C9H19P. The molecule has 0 aromatic carbocycles. The summed E-state index contributed by atoms with van der Waals surface area (Å²) in [5.74, 6) is 0.738. The van der Waals surface area contributed by atoms with Crippen LogP contribution in [-0.4, -0.2) is 6.16 Å². The van der Waals surface area contributed by atoms with Gasteiger partial charge in [0, 0.05) is 0 Å². The first kappa shape index (κ1) is 10.2. The van der Waals surface area contributed by atoms with Crippen LogP contribution in [0.3, 0.4) is 0 Å². The van der Waals surface area contributed by atoms with Crippen LogP contribution in [0.5, 0.6) is 0 Å². The van der Waals surface area contributed by atoms with Gasteiger partial charge in [-0.2, -0.15) is 0 Å². The van der Waals surface area contributed by atoms with Gasteiger partial charge in [0.2, 0.25) is 0 Å². The fourth-order valence-corrected chi connectivity index (χ4v) is 1.28. The fourth-order valence-electron chi connectivity index (χ4n) is 1.07. The largest absolute Gasteiger partial charge is 0.138 e. The van der Waals surface area contributed by atoms with Crippen molar-refractivity contribution in [3.05, 3.63) is 11.6 Å². The van der Waals surface area contributed by atoms with Crippen molar-refractivity contribution >= 4 is 9.24 Å². The lowest BCUT2D eigenvalue weighted by molar-refractivity contribution is 0.702. The maximum Gasteiger partial charge on any atom is -0.0260 e. The molecule has 0 heterocycles. The van der Waals surface area contributed by atoms with Gasteiger partial charge >= 0.3 is 0 Å². The Hall–Kier alpha value is 0.170. The Morgan fingerprint density at radius 1 is 1.50 bits per heavy atom. The van der Waals surface area contributed by atoms with Crippen LogP contribution in [0.2, 0.25) is 0 Å². The van der Waals surface area contributed by atoms with Gasteiger partial charge in [0.05, 0.1) is 0 Å². The third-order valence-corrected chi connectivity index (χ3v) is 2.19. The van der Waals surface area contributed by atoms with E-state index in [0.29, 0.717) is 0 Å². The number of hydrogen-bond acceptors (Lipinski definition) is 0. The van der Waals surface area contributed by atoms with E-state index in [0.717, 1.165) is 5.92 Å². The molecule has 0 nitrogen and oxygen atoms in total. The SMILES string of the molecule is C/C=C(/CCCP)C(C)C. The zero-order chi connectivity index (χ0) is 7.98. The second-order valence-electron chi connectivity index (χ2n) is 2.91. The van der Waals surface area contributed by atoms with Gasteiger partial charge in [0.1, 0.15) is 0 Å². The van der Waals surface area contributed by atoms with Gasteiger partial charge in [-0.05, 0) is 31.8 Å². The normalized spacial score (nSPS) is 12.7. The Morgan fingerprint density at radius 2 is 2.10 bits per heavy atom. The van der Waals surface area contributed by atoms with Crippen LogP contribution in [0.25, 0.3) is 0 Å². The van der Waals surface area contributed by atoms with Crippen molar-refractivity contribution in [2.24, 2.45) is 5.92 Å². The monoisotopic (exact) mass is 158 g/mol. The van der Waals surface area contributed by atoms with E-state index in [4.69, 9.17) is 0 Å². The molecule has 0 aliphatic carbocycles. The second-order valence-corrected chi connectivity index (χ2v) is 3.49. The lowest BCUT2D eigenvalue weighted by Gasteiger charge is -2.08. The molecule has 0 saturated heterocycles. The minimum atomic E-state index is 0.738. The highest BCUT2D eigenvalue weighted by Gasteiger charge is 1.99. The third kappa shape index (κ3) is 4.06. The van der Waals surface area contributed by atoms with Gasteiger partial charge < -0.3 is 0 Å². The molecular weight excluding hydrogens is 139 g/mol. The van der Waals surface area contributed by atoms with Crippen LogP contribution in [0.15, 0.2) is 11.6 Å². The van der Waals surface area contributed by atoms with Crippen LogP contribution in [0, 0.1) is 5.92 Å². The molecule has 0 amide bonds. The lowest BCUT2D eigenvalue weighted by atomic mass is 9.99. The van der Waals surface area contributed by atoms with E-state index in [9.17, 15) is 0 Å². The van der Waals surface area contributed by atoms with E-state index in [1.54, 1.807) is 5.57 Å². The lowest BCUT2D eigenvalue weighted by Crippen LogP contribution is -1.93. The molecule has 60 valence electrons. The van der Waals surface area contributed by atoms with Crippen molar-refractivity contribution in [2.45, 2.75) is 33.6 Å². The minimum Gasteiger partial charge on any atom is -0.138 e. The second kappa shape index (κ2) is 5.92. The quantitative estimate of drug-likeness (QED) is 0.435. The van der Waals surface area contributed by atoms with Gasteiger partial charge in [-0.3, -0.25) is 0 Å². The predicted octanol–water partition coefficient (Wildman–Crippen LogP) is 3.24. The van der Waals surface area contributed by atoms with E-state index in [1.165, 1.54) is 19.0 Å². The number of allylic oxidation sites excluding steroid dienone is 2. The van der Waals surface area contributed by atoms with Crippen molar-refractivity contribution in [1.82, 2.24) is 0 Å². The predicted molar refractivity (Wildman–Crippen MR) is 52.4 cm³/mol. The standard InChI is InChI=1S/C9H19P/c1-4-9(8(2)3)6-5-7-10/h4,8H,5-7,10H2,1-3H3/b9-4-. The molecule has 1 heteroatoms. The molecule has 0 fully saturated rings. The average molecular weight is 158 g/mol. The summed E-state index contributed by atoms with van der Waals surface area (Å²) in [6, 6.07) is 0. The smallest absolute Gasteiger partial charge is 0.0260 e. The summed E-state index contributed by atoms with van der Waals surface area (Å²) in [5, 5.41) is 0.